The molecule has 0 aromatic carbocycles. The molecule has 3 aliphatic carbocycles. The third-order valence-electron chi connectivity index (χ3n) is 4.69. The molecule has 0 radical (unpaired) electrons. The Morgan fingerprint density at radius 3 is 1.93 bits per heavy atom. The van der Waals surface area contributed by atoms with Crippen molar-refractivity contribution in [2.45, 2.75) is 82.4 Å². The molecule has 0 aromatic rings. The highest BCUT2D eigenvalue weighted by Gasteiger charge is 2.48. The van der Waals surface area contributed by atoms with Gasteiger partial charge in [-0.3, -0.25) is 0 Å². The number of nitrogens with one attached hydrogen (secondary N) is 1. The summed E-state index contributed by atoms with van der Waals surface area (Å²) >= 11 is 0. The van der Waals surface area contributed by atoms with Crippen molar-refractivity contribution in [3.8, 4) is 0 Å². The molecule has 3 fully saturated rings. The van der Waals surface area contributed by atoms with Crippen molar-refractivity contribution in [1.82, 2.24) is 5.32 Å². The van der Waals surface area contributed by atoms with Crippen LogP contribution < -0.4 is 5.32 Å². The first kappa shape index (κ1) is 11.4. The fourth-order valence-electron chi connectivity index (χ4n) is 3.16. The zero-order valence-corrected chi connectivity index (χ0v) is 10.4. The summed E-state index contributed by atoms with van der Waals surface area (Å²) in [5.74, 6) is 0. The highest BCUT2D eigenvalue weighted by molar-refractivity contribution is 5.06. The zero-order chi connectivity index (χ0) is 11.2. The molecule has 3 rings (SSSR count). The van der Waals surface area contributed by atoms with Gasteiger partial charge in [0.1, 0.15) is 0 Å². The lowest BCUT2D eigenvalue weighted by Gasteiger charge is -2.54. The molecule has 0 atom stereocenters. The van der Waals surface area contributed by atoms with Crippen LogP contribution in [-0.2, 0) is 0 Å². The Kier molecular flexibility index (Phi) is 2.63. The second kappa shape index (κ2) is 3.46. The van der Waals surface area contributed by atoms with E-state index < -0.39 is 0 Å². The lowest BCUT2D eigenvalue weighted by Crippen LogP contribution is -2.62. The Labute approximate surface area is 93.5 Å². The Hall–Kier alpha value is -0.0800. The average molecular weight is 211 g/mol. The van der Waals surface area contributed by atoms with Crippen LogP contribution in [0.3, 0.4) is 0 Å². The first-order chi connectivity index (χ1) is 6.89. The van der Waals surface area contributed by atoms with Crippen LogP contribution in [0, 0.1) is 0 Å². The lowest BCUT2D eigenvalue weighted by atomic mass is 9.62. The van der Waals surface area contributed by atoms with Gasteiger partial charge in [-0.25, -0.2) is 0 Å². The van der Waals surface area contributed by atoms with E-state index in [9.17, 15) is 5.11 Å². The van der Waals surface area contributed by atoms with Gasteiger partial charge in [-0.1, -0.05) is 6.92 Å². The Morgan fingerprint density at radius 2 is 1.53 bits per heavy atom. The van der Waals surface area contributed by atoms with Gasteiger partial charge in [0, 0.05) is 11.1 Å². The molecule has 0 amide bonds. The van der Waals surface area contributed by atoms with Crippen molar-refractivity contribution in [3.63, 3.8) is 0 Å². The Morgan fingerprint density at radius 1 is 1.07 bits per heavy atom. The lowest BCUT2D eigenvalue weighted by molar-refractivity contribution is -0.0786. The molecule has 0 aromatic heterocycles. The number of aliphatic hydroxyl groups is 1. The maximum atomic E-state index is 10.2. The van der Waals surface area contributed by atoms with Gasteiger partial charge in [0.25, 0.3) is 0 Å². The Bertz CT molecular complexity index is 222. The topological polar surface area (TPSA) is 32.3 Å². The number of rotatable bonds is 3. The van der Waals surface area contributed by atoms with Crippen molar-refractivity contribution in [2.24, 2.45) is 0 Å². The molecule has 0 aliphatic heterocycles. The molecule has 0 heterocycles. The molecule has 2 heteroatoms. The number of hydrogen-bond donors (Lipinski definition) is 2. The van der Waals surface area contributed by atoms with Gasteiger partial charge in [0.2, 0.25) is 0 Å². The van der Waals surface area contributed by atoms with E-state index in [4.69, 9.17) is 0 Å². The van der Waals surface area contributed by atoms with Crippen LogP contribution in [0.2, 0.25) is 0 Å². The molecule has 2 nitrogen and oxygen atoms in total. The van der Waals surface area contributed by atoms with Crippen LogP contribution in [0.4, 0.5) is 0 Å². The fourth-order valence-corrected chi connectivity index (χ4v) is 3.16. The molecular weight excluding hydrogens is 186 g/mol. The van der Waals surface area contributed by atoms with Crippen molar-refractivity contribution >= 4 is 0 Å². The molecule has 0 spiro atoms. The predicted octanol–water partition coefficient (Wildman–Crippen LogP) is 2.60. The van der Waals surface area contributed by atoms with Gasteiger partial charge in [0.05, 0.1) is 5.60 Å². The van der Waals surface area contributed by atoms with E-state index in [1.807, 2.05) is 0 Å². The van der Waals surface area contributed by atoms with Crippen molar-refractivity contribution in [2.75, 3.05) is 0 Å². The molecule has 15 heavy (non-hydrogen) atoms. The standard InChI is InChI=1S/C13H25NO/c1-4-11(2,3)14-12-5-8-13(15,9-6-12)10-7-12/h14-15H,4-10H2,1-3H3. The minimum Gasteiger partial charge on any atom is -0.390 e. The molecule has 0 saturated heterocycles. The van der Waals surface area contributed by atoms with E-state index in [-0.39, 0.29) is 11.1 Å². The van der Waals surface area contributed by atoms with Crippen LogP contribution in [0.1, 0.15) is 65.7 Å². The van der Waals surface area contributed by atoms with Crippen molar-refractivity contribution < 1.29 is 5.11 Å². The highest BCUT2D eigenvalue weighted by Crippen LogP contribution is 2.47. The summed E-state index contributed by atoms with van der Waals surface area (Å²) in [6, 6.07) is 0. The van der Waals surface area contributed by atoms with Gasteiger partial charge >= 0.3 is 0 Å². The number of hydrogen-bond acceptors (Lipinski definition) is 2. The van der Waals surface area contributed by atoms with Crippen molar-refractivity contribution in [3.05, 3.63) is 0 Å². The van der Waals surface area contributed by atoms with Crippen LogP contribution in [-0.4, -0.2) is 21.8 Å². The molecule has 0 unspecified atom stereocenters. The van der Waals surface area contributed by atoms with E-state index in [2.05, 4.69) is 26.1 Å². The number of fused-ring (bicyclic) bond motifs is 3. The first-order valence-corrected chi connectivity index (χ1v) is 6.41. The third-order valence-corrected chi connectivity index (χ3v) is 4.69. The fraction of sp³-hybridized carbons (Fsp3) is 1.00. The summed E-state index contributed by atoms with van der Waals surface area (Å²) in [4.78, 5) is 0. The quantitative estimate of drug-likeness (QED) is 0.752. The van der Waals surface area contributed by atoms with Crippen LogP contribution in [0.25, 0.3) is 0 Å². The summed E-state index contributed by atoms with van der Waals surface area (Å²) in [5, 5.41) is 14.0. The summed E-state index contributed by atoms with van der Waals surface area (Å²) < 4.78 is 0. The predicted molar refractivity (Wildman–Crippen MR) is 62.9 cm³/mol. The summed E-state index contributed by atoms with van der Waals surface area (Å²) in [5.41, 5.74) is 0.274. The van der Waals surface area contributed by atoms with Gasteiger partial charge < -0.3 is 10.4 Å². The van der Waals surface area contributed by atoms with Crippen molar-refractivity contribution in [1.29, 1.82) is 0 Å². The molecule has 88 valence electrons. The summed E-state index contributed by atoms with van der Waals surface area (Å²) in [6.45, 7) is 6.82. The average Bonchev–Trinajstić information content (AvgIpc) is 2.20. The van der Waals surface area contributed by atoms with E-state index in [1.165, 1.54) is 6.42 Å². The third kappa shape index (κ3) is 2.21. The smallest absolute Gasteiger partial charge is 0.0649 e. The van der Waals surface area contributed by atoms with Gasteiger partial charge in [0.15, 0.2) is 0 Å². The maximum absolute atomic E-state index is 10.2. The normalized spacial score (nSPS) is 40.8. The molecule has 2 bridgehead atoms. The maximum Gasteiger partial charge on any atom is 0.0649 e. The zero-order valence-electron chi connectivity index (χ0n) is 10.4. The van der Waals surface area contributed by atoms with E-state index in [1.54, 1.807) is 0 Å². The van der Waals surface area contributed by atoms with Gasteiger partial charge in [-0.2, -0.15) is 0 Å². The molecule has 3 aliphatic rings. The summed E-state index contributed by atoms with van der Waals surface area (Å²) in [7, 11) is 0. The second-order valence-electron chi connectivity index (χ2n) is 6.37. The second-order valence-corrected chi connectivity index (χ2v) is 6.37. The molecular formula is C13H25NO. The molecule has 3 saturated carbocycles. The van der Waals surface area contributed by atoms with Crippen LogP contribution >= 0.6 is 0 Å². The first-order valence-electron chi connectivity index (χ1n) is 6.41. The van der Waals surface area contributed by atoms with E-state index in [0.717, 1.165) is 38.5 Å². The van der Waals surface area contributed by atoms with E-state index >= 15 is 0 Å². The minimum absolute atomic E-state index is 0.243. The minimum atomic E-state index is -0.306. The SMILES string of the molecule is CCC(C)(C)NC12CCC(O)(CC1)CC2. The van der Waals surface area contributed by atoms with Gasteiger partial charge in [-0.05, 0) is 58.8 Å². The van der Waals surface area contributed by atoms with E-state index in [0.29, 0.717) is 5.54 Å². The summed E-state index contributed by atoms with van der Waals surface area (Å²) in [6.07, 6.45) is 7.64. The largest absolute Gasteiger partial charge is 0.390 e. The van der Waals surface area contributed by atoms with Crippen LogP contribution in [0.15, 0.2) is 0 Å². The molecule has 2 N–H and O–H groups in total. The van der Waals surface area contributed by atoms with Crippen LogP contribution in [0.5, 0.6) is 0 Å². The Balaban J connectivity index is 2.04. The monoisotopic (exact) mass is 211 g/mol. The highest BCUT2D eigenvalue weighted by atomic mass is 16.3. The van der Waals surface area contributed by atoms with Gasteiger partial charge in [-0.15, -0.1) is 0 Å².